The van der Waals surface area contributed by atoms with E-state index in [0.29, 0.717) is 38.3 Å². The van der Waals surface area contributed by atoms with Gasteiger partial charge in [0.1, 0.15) is 17.1 Å². The molecule has 0 bridgehead atoms. The highest BCUT2D eigenvalue weighted by Gasteiger charge is 2.43. The van der Waals surface area contributed by atoms with E-state index in [-0.39, 0.29) is 23.1 Å². The molecule has 1 saturated carbocycles. The van der Waals surface area contributed by atoms with Crippen molar-refractivity contribution in [2.24, 2.45) is 0 Å². The molecule has 3 fully saturated rings. The summed E-state index contributed by atoms with van der Waals surface area (Å²) < 4.78 is 5.34. The molecular weight excluding hydrogens is 300 g/mol. The molecule has 0 aromatic carbocycles. The fourth-order valence-electron chi connectivity index (χ4n) is 3.20. The average Bonchev–Trinajstić information content (AvgIpc) is 3.32. The van der Waals surface area contributed by atoms with Crippen LogP contribution in [0.4, 0.5) is 4.79 Å². The molecule has 8 heteroatoms. The van der Waals surface area contributed by atoms with Crippen LogP contribution in [0.3, 0.4) is 0 Å². The topological polar surface area (TPSA) is 104 Å². The highest BCUT2D eigenvalue weighted by Crippen LogP contribution is 2.37. The van der Waals surface area contributed by atoms with Crippen LogP contribution in [-0.4, -0.2) is 52.1 Å². The number of H-pyrrole nitrogens is 1. The van der Waals surface area contributed by atoms with Crippen LogP contribution in [0.15, 0.2) is 10.9 Å². The number of aromatic amines is 1. The van der Waals surface area contributed by atoms with Gasteiger partial charge in [-0.1, -0.05) is 0 Å². The number of likely N-dealkylation sites (tertiary alicyclic amines) is 1. The van der Waals surface area contributed by atoms with Gasteiger partial charge in [-0.3, -0.25) is 9.59 Å². The van der Waals surface area contributed by atoms with Gasteiger partial charge < -0.3 is 19.9 Å². The lowest BCUT2D eigenvalue weighted by atomic mass is 9.91. The number of amides is 2. The number of carbonyl (C=O) groups is 2. The standard InChI is InChI=1S/C15H18N4O4/c20-11-7-10(17-12(18-11)9-1-2-9)13(21)19-5-3-15(4-6-19)8-16-14(22)23-15/h7,9H,1-6,8H2,(H,16,22)(H,17,18,20). The van der Waals surface area contributed by atoms with E-state index < -0.39 is 11.7 Å². The number of hydrogen-bond donors (Lipinski definition) is 2. The molecule has 3 heterocycles. The molecule has 2 aliphatic heterocycles. The molecule has 2 amide bonds. The summed E-state index contributed by atoms with van der Waals surface area (Å²) >= 11 is 0. The number of alkyl carbamates (subject to hydrolysis) is 1. The van der Waals surface area contributed by atoms with Crippen molar-refractivity contribution in [3.8, 4) is 0 Å². The lowest BCUT2D eigenvalue weighted by Crippen LogP contribution is -2.48. The SMILES string of the molecule is O=C1NCC2(CCN(C(=O)c3cc(=O)[nH]c(C4CC4)n3)CC2)O1. The number of rotatable bonds is 2. The Morgan fingerprint density at radius 2 is 2.04 bits per heavy atom. The summed E-state index contributed by atoms with van der Waals surface area (Å²) in [4.78, 5) is 44.3. The Morgan fingerprint density at radius 3 is 2.65 bits per heavy atom. The van der Waals surface area contributed by atoms with Crippen LogP contribution in [0.2, 0.25) is 0 Å². The molecule has 2 saturated heterocycles. The quantitative estimate of drug-likeness (QED) is 0.819. The summed E-state index contributed by atoms with van der Waals surface area (Å²) in [6, 6.07) is 1.26. The van der Waals surface area contributed by atoms with Gasteiger partial charge in [-0.15, -0.1) is 0 Å². The van der Waals surface area contributed by atoms with E-state index in [0.717, 1.165) is 12.8 Å². The second kappa shape index (κ2) is 5.07. The first-order valence-corrected chi connectivity index (χ1v) is 7.92. The van der Waals surface area contributed by atoms with E-state index in [2.05, 4.69) is 15.3 Å². The van der Waals surface area contributed by atoms with Crippen molar-refractivity contribution in [3.63, 3.8) is 0 Å². The molecule has 122 valence electrons. The van der Waals surface area contributed by atoms with E-state index in [1.54, 1.807) is 4.90 Å². The predicted octanol–water partition coefficient (Wildman–Crippen LogP) is 0.362. The second-order valence-electron chi connectivity index (χ2n) is 6.51. The smallest absolute Gasteiger partial charge is 0.407 e. The first-order chi connectivity index (χ1) is 11.0. The van der Waals surface area contributed by atoms with Gasteiger partial charge in [0.05, 0.1) is 6.54 Å². The number of carbonyl (C=O) groups excluding carboxylic acids is 2. The average molecular weight is 318 g/mol. The van der Waals surface area contributed by atoms with E-state index in [1.165, 1.54) is 6.07 Å². The van der Waals surface area contributed by atoms with E-state index in [1.807, 2.05) is 0 Å². The van der Waals surface area contributed by atoms with E-state index in [4.69, 9.17) is 4.74 Å². The summed E-state index contributed by atoms with van der Waals surface area (Å²) in [6.07, 6.45) is 2.80. The zero-order valence-corrected chi connectivity index (χ0v) is 12.6. The third-order valence-electron chi connectivity index (χ3n) is 4.77. The van der Waals surface area contributed by atoms with Gasteiger partial charge in [0, 0.05) is 37.9 Å². The van der Waals surface area contributed by atoms with Crippen LogP contribution in [0.25, 0.3) is 0 Å². The fraction of sp³-hybridized carbons (Fsp3) is 0.600. The molecule has 1 aromatic rings. The Balaban J connectivity index is 1.48. The third-order valence-corrected chi connectivity index (χ3v) is 4.77. The van der Waals surface area contributed by atoms with Crippen LogP contribution in [0.5, 0.6) is 0 Å². The van der Waals surface area contributed by atoms with Gasteiger partial charge in [0.15, 0.2) is 0 Å². The lowest BCUT2D eigenvalue weighted by molar-refractivity contribution is 0.00312. The zero-order valence-electron chi connectivity index (χ0n) is 12.6. The maximum Gasteiger partial charge on any atom is 0.407 e. The minimum atomic E-state index is -0.491. The second-order valence-corrected chi connectivity index (χ2v) is 6.51. The zero-order chi connectivity index (χ0) is 16.0. The molecule has 1 spiro atoms. The monoisotopic (exact) mass is 318 g/mol. The molecule has 23 heavy (non-hydrogen) atoms. The highest BCUT2D eigenvalue weighted by molar-refractivity contribution is 5.92. The van der Waals surface area contributed by atoms with Gasteiger partial charge in [-0.05, 0) is 12.8 Å². The molecule has 0 unspecified atom stereocenters. The summed E-state index contributed by atoms with van der Waals surface area (Å²) in [5.74, 6) is 0.664. The minimum absolute atomic E-state index is 0.202. The maximum absolute atomic E-state index is 12.6. The number of piperidine rings is 1. The lowest BCUT2D eigenvalue weighted by Gasteiger charge is -2.36. The molecule has 0 radical (unpaired) electrons. The summed E-state index contributed by atoms with van der Waals surface area (Å²) in [5.41, 5.74) is -0.574. The third kappa shape index (κ3) is 2.69. The predicted molar refractivity (Wildman–Crippen MR) is 79.2 cm³/mol. The molecule has 2 N–H and O–H groups in total. The van der Waals surface area contributed by atoms with Crippen LogP contribution in [-0.2, 0) is 4.74 Å². The van der Waals surface area contributed by atoms with Crippen molar-refractivity contribution in [2.75, 3.05) is 19.6 Å². The molecule has 3 aliphatic rings. The van der Waals surface area contributed by atoms with Crippen molar-refractivity contribution in [1.82, 2.24) is 20.2 Å². The van der Waals surface area contributed by atoms with Gasteiger partial charge in [-0.2, -0.15) is 0 Å². The summed E-state index contributed by atoms with van der Waals surface area (Å²) in [7, 11) is 0. The number of nitrogens with one attached hydrogen (secondary N) is 2. The Hall–Kier alpha value is -2.38. The molecule has 4 rings (SSSR count). The van der Waals surface area contributed by atoms with Gasteiger partial charge in [0.25, 0.3) is 11.5 Å². The Morgan fingerprint density at radius 1 is 1.30 bits per heavy atom. The van der Waals surface area contributed by atoms with Crippen molar-refractivity contribution >= 4 is 12.0 Å². The first kappa shape index (κ1) is 14.2. The number of ether oxygens (including phenoxy) is 1. The van der Waals surface area contributed by atoms with Crippen molar-refractivity contribution in [1.29, 1.82) is 0 Å². The summed E-state index contributed by atoms with van der Waals surface area (Å²) in [6.45, 7) is 1.46. The Labute approximate surface area is 132 Å². The molecule has 0 atom stereocenters. The van der Waals surface area contributed by atoms with Crippen LogP contribution < -0.4 is 10.9 Å². The molecule has 1 aromatic heterocycles. The van der Waals surface area contributed by atoms with Gasteiger partial charge in [0.2, 0.25) is 0 Å². The van der Waals surface area contributed by atoms with Gasteiger partial charge in [-0.25, -0.2) is 9.78 Å². The maximum atomic E-state index is 12.6. The normalized spacial score (nSPS) is 22.8. The fourth-order valence-corrected chi connectivity index (χ4v) is 3.20. The molecule has 8 nitrogen and oxygen atoms in total. The number of hydrogen-bond acceptors (Lipinski definition) is 5. The Bertz CT molecular complexity index is 716. The first-order valence-electron chi connectivity index (χ1n) is 7.92. The Kier molecular flexibility index (Phi) is 3.14. The van der Waals surface area contributed by atoms with E-state index >= 15 is 0 Å². The molecular formula is C15H18N4O4. The van der Waals surface area contributed by atoms with E-state index in [9.17, 15) is 14.4 Å². The van der Waals surface area contributed by atoms with Crippen molar-refractivity contribution in [3.05, 3.63) is 27.9 Å². The van der Waals surface area contributed by atoms with Crippen molar-refractivity contribution < 1.29 is 14.3 Å². The highest BCUT2D eigenvalue weighted by atomic mass is 16.6. The van der Waals surface area contributed by atoms with Crippen LogP contribution in [0, 0.1) is 0 Å². The minimum Gasteiger partial charge on any atom is -0.441 e. The largest absolute Gasteiger partial charge is 0.441 e. The van der Waals surface area contributed by atoms with Crippen LogP contribution in [0.1, 0.15) is 47.9 Å². The van der Waals surface area contributed by atoms with Gasteiger partial charge >= 0.3 is 6.09 Å². The summed E-state index contributed by atoms with van der Waals surface area (Å²) in [5, 5.41) is 2.67. The number of aromatic nitrogens is 2. The van der Waals surface area contributed by atoms with Crippen molar-refractivity contribution in [2.45, 2.75) is 37.2 Å². The number of nitrogens with zero attached hydrogens (tertiary/aromatic N) is 2. The van der Waals surface area contributed by atoms with Crippen LogP contribution >= 0.6 is 0 Å². The molecule has 1 aliphatic carbocycles.